The van der Waals surface area contributed by atoms with Crippen molar-refractivity contribution in [1.82, 2.24) is 0 Å². The van der Waals surface area contributed by atoms with Gasteiger partial charge in [0.05, 0.1) is 18.4 Å². The van der Waals surface area contributed by atoms with Crippen LogP contribution < -0.4 is 4.90 Å². The molecule has 5 heteroatoms. The SMILES string of the molecule is COC(=O)c1cccc(C(=O)N2CCC(C)Sc3ccccc32)c1. The largest absolute Gasteiger partial charge is 0.465 e. The van der Waals surface area contributed by atoms with Crippen LogP contribution in [0, 0.1) is 0 Å². The number of hydrogen-bond acceptors (Lipinski definition) is 4. The van der Waals surface area contributed by atoms with Crippen molar-refractivity contribution in [1.29, 1.82) is 0 Å². The van der Waals surface area contributed by atoms with Gasteiger partial charge >= 0.3 is 5.97 Å². The van der Waals surface area contributed by atoms with Gasteiger partial charge < -0.3 is 9.64 Å². The normalized spacial score (nSPS) is 16.9. The van der Waals surface area contributed by atoms with Crippen LogP contribution in [0.25, 0.3) is 0 Å². The zero-order valence-corrected chi connectivity index (χ0v) is 14.5. The van der Waals surface area contributed by atoms with E-state index in [4.69, 9.17) is 4.74 Å². The molecule has 24 heavy (non-hydrogen) atoms. The van der Waals surface area contributed by atoms with Crippen LogP contribution in [0.5, 0.6) is 0 Å². The predicted molar refractivity (Wildman–Crippen MR) is 95.8 cm³/mol. The molecule has 0 bridgehead atoms. The smallest absolute Gasteiger partial charge is 0.337 e. The minimum Gasteiger partial charge on any atom is -0.465 e. The summed E-state index contributed by atoms with van der Waals surface area (Å²) in [6.07, 6.45) is 0.918. The Morgan fingerprint density at radius 1 is 1.12 bits per heavy atom. The Morgan fingerprint density at radius 3 is 2.67 bits per heavy atom. The van der Waals surface area contributed by atoms with Crippen molar-refractivity contribution in [3.63, 3.8) is 0 Å². The molecule has 3 rings (SSSR count). The molecule has 124 valence electrons. The van der Waals surface area contributed by atoms with E-state index in [1.54, 1.807) is 36.0 Å². The molecule has 0 radical (unpaired) electrons. The molecule has 0 aromatic heterocycles. The summed E-state index contributed by atoms with van der Waals surface area (Å²) in [5.74, 6) is -0.534. The van der Waals surface area contributed by atoms with E-state index < -0.39 is 5.97 Å². The van der Waals surface area contributed by atoms with E-state index >= 15 is 0 Å². The average molecular weight is 341 g/mol. The van der Waals surface area contributed by atoms with Crippen molar-refractivity contribution >= 4 is 29.3 Å². The lowest BCUT2D eigenvalue weighted by molar-refractivity contribution is 0.0600. The second-order valence-corrected chi connectivity index (χ2v) is 7.19. The fourth-order valence-corrected chi connectivity index (χ4v) is 3.86. The highest BCUT2D eigenvalue weighted by Gasteiger charge is 2.25. The van der Waals surface area contributed by atoms with Crippen molar-refractivity contribution in [3.05, 3.63) is 59.7 Å². The summed E-state index contributed by atoms with van der Waals surface area (Å²) in [5.41, 5.74) is 1.81. The number of para-hydroxylation sites is 1. The number of thioether (sulfide) groups is 1. The van der Waals surface area contributed by atoms with Crippen LogP contribution >= 0.6 is 11.8 Å². The van der Waals surface area contributed by atoms with Crippen LogP contribution in [0.1, 0.15) is 34.1 Å². The number of nitrogens with zero attached hydrogens (tertiary/aromatic N) is 1. The molecule has 1 aliphatic rings. The van der Waals surface area contributed by atoms with Gasteiger partial charge in [0, 0.05) is 22.3 Å². The van der Waals surface area contributed by atoms with E-state index in [9.17, 15) is 9.59 Å². The van der Waals surface area contributed by atoms with E-state index in [-0.39, 0.29) is 5.91 Å². The van der Waals surface area contributed by atoms with Crippen LogP contribution in [0.4, 0.5) is 5.69 Å². The van der Waals surface area contributed by atoms with Gasteiger partial charge in [0.15, 0.2) is 0 Å². The molecule has 0 aliphatic carbocycles. The number of benzene rings is 2. The highest BCUT2D eigenvalue weighted by molar-refractivity contribution is 8.00. The molecule has 1 amide bonds. The first-order valence-electron chi connectivity index (χ1n) is 7.86. The predicted octanol–water partition coefficient (Wildman–Crippen LogP) is 4.00. The van der Waals surface area contributed by atoms with Crippen LogP contribution in [-0.4, -0.2) is 30.8 Å². The molecule has 0 saturated heterocycles. The molecule has 0 N–H and O–H groups in total. The lowest BCUT2D eigenvalue weighted by Crippen LogP contribution is -2.32. The number of hydrogen-bond donors (Lipinski definition) is 0. The summed E-state index contributed by atoms with van der Waals surface area (Å²) >= 11 is 1.79. The topological polar surface area (TPSA) is 46.6 Å². The number of fused-ring (bicyclic) bond motifs is 1. The van der Waals surface area contributed by atoms with Gasteiger partial charge in [-0.1, -0.05) is 25.1 Å². The standard InChI is InChI=1S/C19H19NO3S/c1-13-10-11-20(16-8-3-4-9-17(16)24-13)18(21)14-6-5-7-15(12-14)19(22)23-2/h3-9,12-13H,10-11H2,1-2H3. The Bertz CT molecular complexity index is 775. The Labute approximate surface area is 145 Å². The van der Waals surface area contributed by atoms with Crippen LogP contribution in [0.3, 0.4) is 0 Å². The molecule has 2 aromatic carbocycles. The van der Waals surface area contributed by atoms with Crippen LogP contribution in [0.2, 0.25) is 0 Å². The summed E-state index contributed by atoms with van der Waals surface area (Å²) in [5, 5.41) is 0.449. The van der Waals surface area contributed by atoms with Crippen molar-refractivity contribution < 1.29 is 14.3 Å². The molecule has 0 saturated carbocycles. The fourth-order valence-electron chi connectivity index (χ4n) is 2.75. The molecule has 1 atom stereocenters. The number of methoxy groups -OCH3 is 1. The Balaban J connectivity index is 1.97. The maximum Gasteiger partial charge on any atom is 0.337 e. The van der Waals surface area contributed by atoms with Crippen molar-refractivity contribution in [3.8, 4) is 0 Å². The van der Waals surface area contributed by atoms with Gasteiger partial charge in [0.1, 0.15) is 0 Å². The highest BCUT2D eigenvalue weighted by atomic mass is 32.2. The van der Waals surface area contributed by atoms with Gasteiger partial charge in [0.25, 0.3) is 5.91 Å². The number of rotatable bonds is 2. The van der Waals surface area contributed by atoms with E-state index in [1.807, 2.05) is 29.2 Å². The third-order valence-electron chi connectivity index (χ3n) is 4.02. The van der Waals surface area contributed by atoms with E-state index in [2.05, 4.69) is 6.92 Å². The molecule has 0 fully saturated rings. The van der Waals surface area contributed by atoms with Gasteiger partial charge in [0.2, 0.25) is 0 Å². The first-order valence-corrected chi connectivity index (χ1v) is 8.74. The number of ether oxygens (including phenoxy) is 1. The van der Waals surface area contributed by atoms with Crippen LogP contribution in [0.15, 0.2) is 53.4 Å². The summed E-state index contributed by atoms with van der Waals surface area (Å²) in [6.45, 7) is 2.83. The summed E-state index contributed by atoms with van der Waals surface area (Å²) in [7, 11) is 1.33. The maximum absolute atomic E-state index is 13.0. The molecular formula is C19H19NO3S. The van der Waals surface area contributed by atoms with Gasteiger partial charge in [-0.05, 0) is 36.8 Å². The van der Waals surface area contributed by atoms with Gasteiger partial charge in [-0.25, -0.2) is 4.79 Å². The third-order valence-corrected chi connectivity index (χ3v) is 5.26. The second kappa shape index (κ2) is 7.09. The average Bonchev–Trinajstić information content (AvgIpc) is 2.78. The van der Waals surface area contributed by atoms with E-state index in [0.717, 1.165) is 17.0 Å². The molecule has 1 aliphatic heterocycles. The molecule has 1 heterocycles. The van der Waals surface area contributed by atoms with Gasteiger partial charge in [-0.2, -0.15) is 0 Å². The lowest BCUT2D eigenvalue weighted by Gasteiger charge is -2.22. The molecule has 0 spiro atoms. The zero-order valence-electron chi connectivity index (χ0n) is 13.7. The molecule has 1 unspecified atom stereocenters. The minimum absolute atomic E-state index is 0.0945. The first kappa shape index (κ1) is 16.6. The number of amides is 1. The third kappa shape index (κ3) is 3.31. The van der Waals surface area contributed by atoms with Crippen molar-refractivity contribution in [2.45, 2.75) is 23.5 Å². The van der Waals surface area contributed by atoms with Gasteiger partial charge in [-0.15, -0.1) is 11.8 Å². The Hall–Kier alpha value is -2.27. The van der Waals surface area contributed by atoms with E-state index in [1.165, 1.54) is 7.11 Å². The second-order valence-electron chi connectivity index (χ2n) is 5.71. The highest BCUT2D eigenvalue weighted by Crippen LogP contribution is 2.37. The van der Waals surface area contributed by atoms with E-state index in [0.29, 0.717) is 22.9 Å². The lowest BCUT2D eigenvalue weighted by atomic mass is 10.1. The number of esters is 1. The minimum atomic E-state index is -0.440. The Kier molecular flexibility index (Phi) is 4.90. The fraction of sp³-hybridized carbons (Fsp3) is 0.263. The number of anilines is 1. The molecule has 2 aromatic rings. The van der Waals surface area contributed by atoms with Crippen molar-refractivity contribution in [2.75, 3.05) is 18.6 Å². The molecular weight excluding hydrogens is 322 g/mol. The zero-order chi connectivity index (χ0) is 17.1. The summed E-state index contributed by atoms with van der Waals surface area (Å²) in [4.78, 5) is 27.7. The van der Waals surface area contributed by atoms with Crippen LogP contribution in [-0.2, 0) is 4.74 Å². The maximum atomic E-state index is 13.0. The summed E-state index contributed by atoms with van der Waals surface area (Å²) < 4.78 is 4.74. The number of carbonyl (C=O) groups excluding carboxylic acids is 2. The summed E-state index contributed by atoms with van der Waals surface area (Å²) in [6, 6.07) is 14.6. The van der Waals surface area contributed by atoms with Gasteiger partial charge in [-0.3, -0.25) is 4.79 Å². The molecule has 4 nitrogen and oxygen atoms in total. The quantitative estimate of drug-likeness (QED) is 0.775. The van der Waals surface area contributed by atoms with Crippen molar-refractivity contribution in [2.24, 2.45) is 0 Å². The first-order chi connectivity index (χ1) is 11.6. The number of carbonyl (C=O) groups is 2. The Morgan fingerprint density at radius 2 is 1.88 bits per heavy atom. The monoisotopic (exact) mass is 341 g/mol.